The zero-order valence-electron chi connectivity index (χ0n) is 12.9. The Hall–Kier alpha value is -2.45. The van der Waals surface area contributed by atoms with E-state index >= 15 is 0 Å². The van der Waals surface area contributed by atoms with Gasteiger partial charge in [0.1, 0.15) is 4.99 Å². The normalized spacial score (nSPS) is 15.5. The number of thiocarbonyl (C=S) groups is 1. The van der Waals surface area contributed by atoms with E-state index in [1.807, 2.05) is 0 Å². The maximum absolute atomic E-state index is 5.97. The molecule has 1 heterocycles. The molecule has 0 bridgehead atoms. The number of fused-ring (bicyclic) bond motifs is 1. The van der Waals surface area contributed by atoms with Crippen molar-refractivity contribution in [1.82, 2.24) is 0 Å². The standard InChI is InChI=1S/C21H17NS/c1-22-19-15-9-8-14-18(19)21(20(22)23,16-10-4-2-5-11-16)17-12-6-3-7-13-17/h2-15H,1H3. The Balaban J connectivity index is 2.12. The van der Waals surface area contributed by atoms with Crippen LogP contribution in [0.1, 0.15) is 16.7 Å². The first-order valence-electron chi connectivity index (χ1n) is 7.75. The fourth-order valence-corrected chi connectivity index (χ4v) is 4.10. The molecule has 0 atom stereocenters. The predicted molar refractivity (Wildman–Crippen MR) is 100 cm³/mol. The smallest absolute Gasteiger partial charge is 0.102 e. The lowest BCUT2D eigenvalue weighted by Gasteiger charge is -2.32. The molecule has 1 nitrogen and oxygen atoms in total. The lowest BCUT2D eigenvalue weighted by Crippen LogP contribution is -2.39. The van der Waals surface area contributed by atoms with E-state index in [-0.39, 0.29) is 0 Å². The summed E-state index contributed by atoms with van der Waals surface area (Å²) >= 11 is 5.97. The molecule has 2 heteroatoms. The first-order valence-corrected chi connectivity index (χ1v) is 8.16. The molecule has 0 aromatic heterocycles. The number of para-hydroxylation sites is 1. The first-order chi connectivity index (χ1) is 11.3. The van der Waals surface area contributed by atoms with Crippen LogP contribution in [0, 0.1) is 0 Å². The zero-order valence-corrected chi connectivity index (χ0v) is 13.8. The summed E-state index contributed by atoms with van der Waals surface area (Å²) in [6, 6.07) is 29.7. The van der Waals surface area contributed by atoms with Crippen molar-refractivity contribution in [2.24, 2.45) is 0 Å². The van der Waals surface area contributed by atoms with Crippen molar-refractivity contribution in [1.29, 1.82) is 0 Å². The Morgan fingerprint density at radius 3 is 1.74 bits per heavy atom. The minimum atomic E-state index is -0.400. The Labute approximate surface area is 142 Å². The van der Waals surface area contributed by atoms with Crippen molar-refractivity contribution >= 4 is 22.9 Å². The van der Waals surface area contributed by atoms with Gasteiger partial charge in [-0.3, -0.25) is 0 Å². The van der Waals surface area contributed by atoms with Crippen molar-refractivity contribution in [2.45, 2.75) is 5.41 Å². The van der Waals surface area contributed by atoms with Gasteiger partial charge in [0.05, 0.1) is 5.41 Å². The third kappa shape index (κ3) is 1.88. The van der Waals surface area contributed by atoms with Crippen molar-refractivity contribution in [3.8, 4) is 0 Å². The van der Waals surface area contributed by atoms with E-state index in [1.54, 1.807) is 0 Å². The van der Waals surface area contributed by atoms with E-state index in [1.165, 1.54) is 22.4 Å². The average Bonchev–Trinajstić information content (AvgIpc) is 2.86. The topological polar surface area (TPSA) is 3.24 Å². The van der Waals surface area contributed by atoms with Gasteiger partial charge in [-0.2, -0.15) is 0 Å². The summed E-state index contributed by atoms with van der Waals surface area (Å²) in [7, 11) is 2.06. The molecule has 4 rings (SSSR count). The van der Waals surface area contributed by atoms with Crippen molar-refractivity contribution in [2.75, 3.05) is 11.9 Å². The van der Waals surface area contributed by atoms with Crippen LogP contribution in [-0.2, 0) is 5.41 Å². The van der Waals surface area contributed by atoms with Crippen LogP contribution in [0.4, 0.5) is 5.69 Å². The molecule has 0 N–H and O–H groups in total. The van der Waals surface area contributed by atoms with Crippen LogP contribution in [0.2, 0.25) is 0 Å². The molecule has 23 heavy (non-hydrogen) atoms. The van der Waals surface area contributed by atoms with Gasteiger partial charge in [-0.25, -0.2) is 0 Å². The van der Waals surface area contributed by atoms with Gasteiger partial charge in [-0.15, -0.1) is 0 Å². The molecule has 3 aromatic rings. The average molecular weight is 315 g/mol. The van der Waals surface area contributed by atoms with Gasteiger partial charge in [-0.05, 0) is 22.8 Å². The molecule has 0 fully saturated rings. The largest absolute Gasteiger partial charge is 0.338 e. The molecule has 0 amide bonds. The fourth-order valence-electron chi connectivity index (χ4n) is 3.66. The maximum atomic E-state index is 5.97. The SMILES string of the molecule is CN1C(=S)C(c2ccccc2)(c2ccccc2)c2ccccc21. The lowest BCUT2D eigenvalue weighted by molar-refractivity contribution is 0.859. The Kier molecular flexibility index (Phi) is 3.28. The molecule has 3 aromatic carbocycles. The van der Waals surface area contributed by atoms with Gasteiger partial charge in [-0.1, -0.05) is 91.1 Å². The minimum Gasteiger partial charge on any atom is -0.338 e. The molecule has 0 radical (unpaired) electrons. The summed E-state index contributed by atoms with van der Waals surface area (Å²) in [5.41, 5.74) is 4.47. The van der Waals surface area contributed by atoms with Crippen molar-refractivity contribution < 1.29 is 0 Å². The lowest BCUT2D eigenvalue weighted by atomic mass is 9.71. The molecular weight excluding hydrogens is 298 g/mol. The van der Waals surface area contributed by atoms with Gasteiger partial charge >= 0.3 is 0 Å². The predicted octanol–water partition coefficient (Wildman–Crippen LogP) is 4.80. The molecule has 0 aliphatic carbocycles. The van der Waals surface area contributed by atoms with E-state index in [9.17, 15) is 0 Å². The number of hydrogen-bond acceptors (Lipinski definition) is 1. The number of rotatable bonds is 2. The second kappa shape index (κ2) is 5.32. The van der Waals surface area contributed by atoms with Crippen LogP contribution < -0.4 is 4.90 Å². The molecule has 0 spiro atoms. The minimum absolute atomic E-state index is 0.400. The first kappa shape index (κ1) is 14.2. The van der Waals surface area contributed by atoms with Gasteiger partial charge in [0.25, 0.3) is 0 Å². The van der Waals surface area contributed by atoms with Crippen LogP contribution in [0.5, 0.6) is 0 Å². The van der Waals surface area contributed by atoms with E-state index in [0.717, 1.165) is 4.99 Å². The summed E-state index contributed by atoms with van der Waals surface area (Å²) in [6.45, 7) is 0. The number of benzene rings is 3. The van der Waals surface area contributed by atoms with Gasteiger partial charge in [0, 0.05) is 12.7 Å². The van der Waals surface area contributed by atoms with E-state index < -0.39 is 5.41 Å². The van der Waals surface area contributed by atoms with E-state index in [0.29, 0.717) is 0 Å². The van der Waals surface area contributed by atoms with Gasteiger partial charge in [0.2, 0.25) is 0 Å². The highest BCUT2D eigenvalue weighted by Crippen LogP contribution is 2.50. The quantitative estimate of drug-likeness (QED) is 0.625. The summed E-state index contributed by atoms with van der Waals surface area (Å²) in [4.78, 5) is 3.07. The van der Waals surface area contributed by atoms with Crippen molar-refractivity contribution in [3.05, 3.63) is 102 Å². The number of likely N-dealkylation sites (N-methyl/N-ethyl adjacent to an activating group) is 1. The fraction of sp³-hybridized carbons (Fsp3) is 0.0952. The summed E-state index contributed by atoms with van der Waals surface area (Å²) < 4.78 is 0. The summed E-state index contributed by atoms with van der Waals surface area (Å²) in [5.74, 6) is 0. The molecule has 0 saturated carbocycles. The second-order valence-electron chi connectivity index (χ2n) is 5.86. The van der Waals surface area contributed by atoms with Crippen LogP contribution in [0.3, 0.4) is 0 Å². The number of anilines is 1. The van der Waals surface area contributed by atoms with Gasteiger partial charge < -0.3 is 4.90 Å². The summed E-state index contributed by atoms with van der Waals surface area (Å²) in [6.07, 6.45) is 0. The Morgan fingerprint density at radius 2 is 1.17 bits per heavy atom. The third-order valence-corrected chi connectivity index (χ3v) is 5.29. The molecule has 1 aliphatic rings. The van der Waals surface area contributed by atoms with Crippen molar-refractivity contribution in [3.63, 3.8) is 0 Å². The van der Waals surface area contributed by atoms with E-state index in [4.69, 9.17) is 12.2 Å². The maximum Gasteiger partial charge on any atom is 0.102 e. The number of hydrogen-bond donors (Lipinski definition) is 0. The molecule has 0 saturated heterocycles. The molecule has 1 aliphatic heterocycles. The highest BCUT2D eigenvalue weighted by atomic mass is 32.1. The van der Waals surface area contributed by atoms with Crippen LogP contribution >= 0.6 is 12.2 Å². The molecular formula is C21H17NS. The zero-order chi connectivity index (χ0) is 15.9. The Morgan fingerprint density at radius 1 is 0.696 bits per heavy atom. The van der Waals surface area contributed by atoms with Crippen LogP contribution in [-0.4, -0.2) is 12.0 Å². The Bertz CT molecular complexity index is 816. The summed E-state index contributed by atoms with van der Waals surface area (Å²) in [5, 5.41) is 0. The van der Waals surface area contributed by atoms with Crippen LogP contribution in [0.15, 0.2) is 84.9 Å². The monoisotopic (exact) mass is 315 g/mol. The van der Waals surface area contributed by atoms with Gasteiger partial charge in [0.15, 0.2) is 0 Å². The molecule has 0 unspecified atom stereocenters. The number of nitrogens with zero attached hydrogens (tertiary/aromatic N) is 1. The molecule has 112 valence electrons. The highest BCUT2D eigenvalue weighted by Gasteiger charge is 2.48. The van der Waals surface area contributed by atoms with Crippen LogP contribution in [0.25, 0.3) is 0 Å². The van der Waals surface area contributed by atoms with E-state index in [2.05, 4.69) is 96.9 Å². The highest BCUT2D eigenvalue weighted by molar-refractivity contribution is 7.80. The second-order valence-corrected chi connectivity index (χ2v) is 6.25. The third-order valence-electron chi connectivity index (χ3n) is 4.71.